The van der Waals surface area contributed by atoms with Crippen molar-refractivity contribution in [2.24, 2.45) is 5.92 Å². The molecule has 120 valence electrons. The summed E-state index contributed by atoms with van der Waals surface area (Å²) in [5.41, 5.74) is 0. The van der Waals surface area contributed by atoms with Crippen LogP contribution in [0.25, 0.3) is 0 Å². The van der Waals surface area contributed by atoms with Crippen LogP contribution in [0, 0.1) is 5.92 Å². The molecule has 0 spiro atoms. The molecule has 1 rings (SSSR count). The predicted molar refractivity (Wildman–Crippen MR) is 77.8 cm³/mol. The van der Waals surface area contributed by atoms with Gasteiger partial charge in [0.1, 0.15) is 0 Å². The molecule has 0 saturated carbocycles. The second-order valence-electron chi connectivity index (χ2n) is 4.96. The van der Waals surface area contributed by atoms with Crippen LogP contribution in [-0.4, -0.2) is 72.9 Å². The smallest absolute Gasteiger partial charge is 0.279 e. The molecule has 1 heterocycles. The van der Waals surface area contributed by atoms with Crippen molar-refractivity contribution in [3.05, 3.63) is 0 Å². The van der Waals surface area contributed by atoms with Gasteiger partial charge in [-0.1, -0.05) is 0 Å². The van der Waals surface area contributed by atoms with Crippen molar-refractivity contribution >= 4 is 10.2 Å². The number of nitrogens with zero attached hydrogens (tertiary/aromatic N) is 1. The van der Waals surface area contributed by atoms with E-state index in [0.29, 0.717) is 38.8 Å². The van der Waals surface area contributed by atoms with E-state index < -0.39 is 10.2 Å². The lowest BCUT2D eigenvalue weighted by atomic mass is 10.00. The summed E-state index contributed by atoms with van der Waals surface area (Å²) in [6.07, 6.45) is 1.96. The van der Waals surface area contributed by atoms with Crippen molar-refractivity contribution in [1.29, 1.82) is 0 Å². The Bertz CT molecular complexity index is 351. The van der Waals surface area contributed by atoms with E-state index in [1.165, 1.54) is 4.31 Å². The predicted octanol–water partition coefficient (Wildman–Crippen LogP) is -0.585. The second-order valence-corrected chi connectivity index (χ2v) is 6.71. The number of hydrogen-bond acceptors (Lipinski definition) is 5. The van der Waals surface area contributed by atoms with E-state index in [2.05, 4.69) is 10.0 Å². The summed E-state index contributed by atoms with van der Waals surface area (Å²) in [6, 6.07) is 0. The van der Waals surface area contributed by atoms with Crippen LogP contribution < -0.4 is 10.0 Å². The molecule has 8 heteroatoms. The van der Waals surface area contributed by atoms with Gasteiger partial charge in [0.05, 0.1) is 13.2 Å². The zero-order valence-corrected chi connectivity index (χ0v) is 13.2. The molecule has 1 aliphatic heterocycles. The van der Waals surface area contributed by atoms with Gasteiger partial charge >= 0.3 is 0 Å². The number of ether oxygens (including phenoxy) is 2. The van der Waals surface area contributed by atoms with E-state index in [4.69, 9.17) is 9.47 Å². The van der Waals surface area contributed by atoms with Crippen molar-refractivity contribution in [2.45, 2.75) is 12.8 Å². The van der Waals surface area contributed by atoms with Gasteiger partial charge in [-0.15, -0.1) is 0 Å². The largest absolute Gasteiger partial charge is 0.383 e. The summed E-state index contributed by atoms with van der Waals surface area (Å²) in [6.45, 7) is 4.16. The zero-order chi connectivity index (χ0) is 14.8. The lowest BCUT2D eigenvalue weighted by molar-refractivity contribution is 0.192. The third-order valence-corrected chi connectivity index (χ3v) is 4.91. The fraction of sp³-hybridized carbons (Fsp3) is 1.00. The highest BCUT2D eigenvalue weighted by Crippen LogP contribution is 2.17. The molecule has 0 aromatic carbocycles. The van der Waals surface area contributed by atoms with Crippen LogP contribution in [-0.2, 0) is 19.7 Å². The van der Waals surface area contributed by atoms with Gasteiger partial charge < -0.3 is 14.8 Å². The maximum Gasteiger partial charge on any atom is 0.279 e. The molecule has 1 aliphatic rings. The molecule has 0 bridgehead atoms. The molecular weight excluding hydrogens is 282 g/mol. The minimum Gasteiger partial charge on any atom is -0.383 e. The van der Waals surface area contributed by atoms with E-state index in [1.807, 2.05) is 0 Å². The summed E-state index contributed by atoms with van der Waals surface area (Å²) in [5.74, 6) is 0.361. The lowest BCUT2D eigenvalue weighted by Crippen LogP contribution is -2.48. The van der Waals surface area contributed by atoms with Crippen LogP contribution in [0.5, 0.6) is 0 Å². The molecule has 0 aromatic heterocycles. The Morgan fingerprint density at radius 1 is 1.20 bits per heavy atom. The molecule has 1 unspecified atom stereocenters. The summed E-state index contributed by atoms with van der Waals surface area (Å²) in [4.78, 5) is 0. The van der Waals surface area contributed by atoms with Crippen molar-refractivity contribution in [1.82, 2.24) is 14.3 Å². The van der Waals surface area contributed by atoms with Gasteiger partial charge in [-0.25, -0.2) is 0 Å². The van der Waals surface area contributed by atoms with E-state index in [0.717, 1.165) is 25.9 Å². The maximum absolute atomic E-state index is 12.1. The van der Waals surface area contributed by atoms with Crippen LogP contribution in [0.1, 0.15) is 12.8 Å². The highest BCUT2D eigenvalue weighted by atomic mass is 32.2. The molecule has 2 N–H and O–H groups in total. The molecule has 0 aromatic rings. The number of rotatable bonds is 10. The van der Waals surface area contributed by atoms with Gasteiger partial charge in [0.15, 0.2) is 0 Å². The highest BCUT2D eigenvalue weighted by molar-refractivity contribution is 7.87. The summed E-state index contributed by atoms with van der Waals surface area (Å²) in [7, 11) is -0.151. The van der Waals surface area contributed by atoms with Crippen LogP contribution >= 0.6 is 0 Å². The van der Waals surface area contributed by atoms with Gasteiger partial charge in [0.25, 0.3) is 10.2 Å². The Hall–Kier alpha value is -0.250. The minimum atomic E-state index is -3.37. The Labute approximate surface area is 122 Å². The fourth-order valence-electron chi connectivity index (χ4n) is 2.26. The van der Waals surface area contributed by atoms with E-state index in [-0.39, 0.29) is 0 Å². The van der Waals surface area contributed by atoms with Gasteiger partial charge in [-0.3, -0.25) is 0 Å². The standard InChI is InChI=1S/C12H27N3O4S/c1-18-8-5-13-10-12-4-3-7-15(11-12)20(16,17)14-6-9-19-2/h12-14H,3-11H2,1-2H3. The van der Waals surface area contributed by atoms with Gasteiger partial charge in [0.2, 0.25) is 0 Å². The molecule has 1 fully saturated rings. The Balaban J connectivity index is 2.35. The second kappa shape index (κ2) is 9.64. The van der Waals surface area contributed by atoms with Crippen LogP contribution in [0.2, 0.25) is 0 Å². The fourth-order valence-corrected chi connectivity index (χ4v) is 3.56. The number of hydrogen-bond donors (Lipinski definition) is 2. The summed E-state index contributed by atoms with van der Waals surface area (Å²) < 4.78 is 38.1. The molecule has 0 radical (unpaired) electrons. The van der Waals surface area contributed by atoms with Crippen molar-refractivity contribution in [2.75, 3.05) is 60.2 Å². The molecule has 20 heavy (non-hydrogen) atoms. The summed E-state index contributed by atoms with van der Waals surface area (Å²) >= 11 is 0. The molecular formula is C12H27N3O4S. The first-order valence-electron chi connectivity index (χ1n) is 7.03. The normalized spacial score (nSPS) is 21.2. The van der Waals surface area contributed by atoms with Gasteiger partial charge in [-0.05, 0) is 25.3 Å². The van der Waals surface area contributed by atoms with Crippen LogP contribution in [0.15, 0.2) is 0 Å². The number of nitrogens with one attached hydrogen (secondary N) is 2. The third-order valence-electron chi connectivity index (χ3n) is 3.33. The van der Waals surface area contributed by atoms with Crippen molar-refractivity contribution < 1.29 is 17.9 Å². The summed E-state index contributed by atoms with van der Waals surface area (Å²) in [5, 5.41) is 3.29. The SMILES string of the molecule is COCCNCC1CCCN(S(=O)(=O)NCCOC)C1. The minimum absolute atomic E-state index is 0.312. The average molecular weight is 309 g/mol. The first-order valence-corrected chi connectivity index (χ1v) is 8.47. The molecule has 1 saturated heterocycles. The first kappa shape index (κ1) is 17.8. The topological polar surface area (TPSA) is 79.9 Å². The maximum atomic E-state index is 12.1. The van der Waals surface area contributed by atoms with E-state index >= 15 is 0 Å². The molecule has 7 nitrogen and oxygen atoms in total. The van der Waals surface area contributed by atoms with Crippen molar-refractivity contribution in [3.8, 4) is 0 Å². The Kier molecular flexibility index (Phi) is 8.58. The first-order chi connectivity index (χ1) is 9.60. The molecule has 0 aliphatic carbocycles. The van der Waals surface area contributed by atoms with Gasteiger partial charge in [0, 0.05) is 40.4 Å². The monoisotopic (exact) mass is 309 g/mol. The highest BCUT2D eigenvalue weighted by Gasteiger charge is 2.28. The van der Waals surface area contributed by atoms with Gasteiger partial charge in [-0.2, -0.15) is 17.4 Å². The van der Waals surface area contributed by atoms with E-state index in [1.54, 1.807) is 14.2 Å². The zero-order valence-electron chi connectivity index (χ0n) is 12.4. The van der Waals surface area contributed by atoms with Crippen LogP contribution in [0.3, 0.4) is 0 Å². The van der Waals surface area contributed by atoms with Crippen molar-refractivity contribution in [3.63, 3.8) is 0 Å². The molecule has 0 amide bonds. The Morgan fingerprint density at radius 2 is 1.90 bits per heavy atom. The quantitative estimate of drug-likeness (QED) is 0.528. The third kappa shape index (κ3) is 6.47. The Morgan fingerprint density at radius 3 is 2.60 bits per heavy atom. The lowest BCUT2D eigenvalue weighted by Gasteiger charge is -2.32. The number of piperidine rings is 1. The van der Waals surface area contributed by atoms with Crippen LogP contribution in [0.4, 0.5) is 0 Å². The number of methoxy groups -OCH3 is 2. The average Bonchev–Trinajstić information content (AvgIpc) is 2.44. The van der Waals surface area contributed by atoms with E-state index in [9.17, 15) is 8.42 Å². The molecule has 1 atom stereocenters.